The van der Waals surface area contributed by atoms with Crippen molar-refractivity contribution in [3.05, 3.63) is 23.8 Å². The van der Waals surface area contributed by atoms with Crippen LogP contribution in [0.2, 0.25) is 0 Å². The third-order valence-electron chi connectivity index (χ3n) is 5.03. The third-order valence-corrected chi connectivity index (χ3v) is 5.03. The lowest BCUT2D eigenvalue weighted by Gasteiger charge is -2.22. The van der Waals surface area contributed by atoms with Gasteiger partial charge in [0, 0.05) is 6.04 Å². The van der Waals surface area contributed by atoms with Crippen LogP contribution < -0.4 is 15.4 Å². The maximum atomic E-state index is 12.4. The van der Waals surface area contributed by atoms with Crippen molar-refractivity contribution in [2.24, 2.45) is 11.8 Å². The van der Waals surface area contributed by atoms with E-state index in [0.29, 0.717) is 23.9 Å². The number of methoxy groups -OCH3 is 1. The van der Waals surface area contributed by atoms with E-state index >= 15 is 0 Å². The molecule has 3 rings (SSSR count). The summed E-state index contributed by atoms with van der Waals surface area (Å²) in [5, 5.41) is 6.03. The van der Waals surface area contributed by atoms with Gasteiger partial charge in [-0.2, -0.15) is 0 Å². The molecular formula is C19H26N2O3. The van der Waals surface area contributed by atoms with Gasteiger partial charge < -0.3 is 15.4 Å². The number of rotatable bonds is 5. The minimum atomic E-state index is -0.223. The van der Waals surface area contributed by atoms with Gasteiger partial charge in [0.25, 0.3) is 0 Å². The molecule has 2 fully saturated rings. The van der Waals surface area contributed by atoms with E-state index in [0.717, 1.165) is 18.4 Å². The Labute approximate surface area is 143 Å². The van der Waals surface area contributed by atoms with Gasteiger partial charge in [0.15, 0.2) is 0 Å². The lowest BCUT2D eigenvalue weighted by atomic mass is 9.95. The topological polar surface area (TPSA) is 67.4 Å². The molecule has 2 unspecified atom stereocenters. The van der Waals surface area contributed by atoms with Gasteiger partial charge in [-0.3, -0.25) is 9.59 Å². The summed E-state index contributed by atoms with van der Waals surface area (Å²) in [6.07, 6.45) is 6.41. The summed E-state index contributed by atoms with van der Waals surface area (Å²) in [7, 11) is 1.58. The number of aryl methyl sites for hydroxylation is 1. The summed E-state index contributed by atoms with van der Waals surface area (Å²) in [4.78, 5) is 24.7. The predicted octanol–water partition coefficient (Wildman–Crippen LogP) is 3.03. The number of hydrogen-bond acceptors (Lipinski definition) is 3. The van der Waals surface area contributed by atoms with Gasteiger partial charge in [0.2, 0.25) is 11.8 Å². The van der Waals surface area contributed by atoms with Crippen LogP contribution >= 0.6 is 0 Å². The highest BCUT2D eigenvalue weighted by molar-refractivity contribution is 6.00. The van der Waals surface area contributed by atoms with Crippen molar-refractivity contribution >= 4 is 17.5 Å². The molecule has 2 aliphatic carbocycles. The van der Waals surface area contributed by atoms with Gasteiger partial charge in [0.1, 0.15) is 5.75 Å². The zero-order valence-electron chi connectivity index (χ0n) is 14.4. The second kappa shape index (κ2) is 7.24. The van der Waals surface area contributed by atoms with Gasteiger partial charge >= 0.3 is 0 Å². The Kier molecular flexibility index (Phi) is 5.07. The molecule has 5 nitrogen and oxygen atoms in total. The summed E-state index contributed by atoms with van der Waals surface area (Å²) in [5.41, 5.74) is 1.72. The smallest absolute Gasteiger partial charge is 0.228 e. The summed E-state index contributed by atoms with van der Waals surface area (Å²) in [6.45, 7) is 1.96. The second-order valence-corrected chi connectivity index (χ2v) is 6.99. The molecule has 130 valence electrons. The van der Waals surface area contributed by atoms with E-state index in [1.165, 1.54) is 19.3 Å². The van der Waals surface area contributed by atoms with Gasteiger partial charge in [-0.25, -0.2) is 0 Å². The number of hydrogen-bond donors (Lipinski definition) is 2. The van der Waals surface area contributed by atoms with E-state index in [9.17, 15) is 9.59 Å². The maximum Gasteiger partial charge on any atom is 0.228 e. The number of carbonyl (C=O) groups is 2. The summed E-state index contributed by atoms with van der Waals surface area (Å²) in [5.74, 6) is 0.181. The molecule has 0 saturated heterocycles. The van der Waals surface area contributed by atoms with Gasteiger partial charge in [-0.05, 0) is 43.9 Å². The van der Waals surface area contributed by atoms with Crippen LogP contribution in [0.15, 0.2) is 18.2 Å². The zero-order valence-corrected chi connectivity index (χ0v) is 14.4. The molecular weight excluding hydrogens is 304 g/mol. The highest BCUT2D eigenvalue weighted by atomic mass is 16.5. The molecule has 2 saturated carbocycles. The van der Waals surface area contributed by atoms with Gasteiger partial charge in [-0.1, -0.05) is 25.3 Å². The number of nitrogens with one attached hydrogen (secondary N) is 2. The molecule has 2 amide bonds. The Hall–Kier alpha value is -2.04. The summed E-state index contributed by atoms with van der Waals surface area (Å²) >= 11 is 0. The molecule has 0 aromatic heterocycles. The average molecular weight is 330 g/mol. The fourth-order valence-electron chi connectivity index (χ4n) is 3.47. The van der Waals surface area contributed by atoms with Crippen LogP contribution in [-0.4, -0.2) is 25.0 Å². The van der Waals surface area contributed by atoms with Crippen LogP contribution in [0.4, 0.5) is 5.69 Å². The Morgan fingerprint density at radius 3 is 2.50 bits per heavy atom. The standard InChI is InChI=1S/C19H26N2O3/c1-12-8-9-17(24-2)16(10-12)21-19(23)15-11-14(15)18(22)20-13-6-4-3-5-7-13/h8-10,13-15H,3-7,11H2,1-2H3,(H,20,22)(H,21,23). The van der Waals surface area contributed by atoms with Crippen LogP contribution in [0.3, 0.4) is 0 Å². The first kappa shape index (κ1) is 16.8. The molecule has 5 heteroatoms. The number of carbonyl (C=O) groups excluding carboxylic acids is 2. The second-order valence-electron chi connectivity index (χ2n) is 6.99. The molecule has 0 bridgehead atoms. The fraction of sp³-hybridized carbons (Fsp3) is 0.579. The minimum Gasteiger partial charge on any atom is -0.495 e. The summed E-state index contributed by atoms with van der Waals surface area (Å²) < 4.78 is 5.28. The van der Waals surface area contributed by atoms with E-state index in [2.05, 4.69) is 10.6 Å². The molecule has 1 aromatic rings. The van der Waals surface area contributed by atoms with Crippen LogP contribution in [0.25, 0.3) is 0 Å². The molecule has 0 heterocycles. The van der Waals surface area contributed by atoms with E-state index < -0.39 is 0 Å². The first-order chi connectivity index (χ1) is 11.6. The predicted molar refractivity (Wildman–Crippen MR) is 93.0 cm³/mol. The van der Waals surface area contributed by atoms with E-state index in [1.807, 2.05) is 25.1 Å². The highest BCUT2D eigenvalue weighted by Gasteiger charge is 2.48. The summed E-state index contributed by atoms with van der Waals surface area (Å²) in [6, 6.07) is 5.96. The van der Waals surface area contributed by atoms with E-state index in [-0.39, 0.29) is 23.7 Å². The molecule has 24 heavy (non-hydrogen) atoms. The zero-order chi connectivity index (χ0) is 17.1. The number of benzene rings is 1. The highest BCUT2D eigenvalue weighted by Crippen LogP contribution is 2.40. The van der Waals surface area contributed by atoms with Crippen LogP contribution in [0.5, 0.6) is 5.75 Å². The van der Waals surface area contributed by atoms with Crippen molar-refractivity contribution < 1.29 is 14.3 Å². The molecule has 0 radical (unpaired) electrons. The molecule has 2 aliphatic rings. The van der Waals surface area contributed by atoms with Crippen LogP contribution in [-0.2, 0) is 9.59 Å². The molecule has 0 spiro atoms. The molecule has 0 aliphatic heterocycles. The van der Waals surface area contributed by atoms with Crippen molar-refractivity contribution in [2.45, 2.75) is 51.5 Å². The minimum absolute atomic E-state index is 0.0401. The van der Waals surface area contributed by atoms with Crippen LogP contribution in [0, 0.1) is 18.8 Å². The average Bonchev–Trinajstić information content (AvgIpc) is 3.37. The van der Waals surface area contributed by atoms with Crippen LogP contribution in [0.1, 0.15) is 44.1 Å². The Bertz CT molecular complexity index is 623. The largest absolute Gasteiger partial charge is 0.495 e. The van der Waals surface area contributed by atoms with Gasteiger partial charge in [-0.15, -0.1) is 0 Å². The fourth-order valence-corrected chi connectivity index (χ4v) is 3.47. The van der Waals surface area contributed by atoms with E-state index in [4.69, 9.17) is 4.74 Å². The third kappa shape index (κ3) is 3.89. The first-order valence-electron chi connectivity index (χ1n) is 8.84. The molecule has 1 aromatic carbocycles. The number of ether oxygens (including phenoxy) is 1. The molecule has 2 N–H and O–H groups in total. The number of amides is 2. The maximum absolute atomic E-state index is 12.4. The van der Waals surface area contributed by atoms with E-state index in [1.54, 1.807) is 7.11 Å². The Morgan fingerprint density at radius 1 is 1.08 bits per heavy atom. The lowest BCUT2D eigenvalue weighted by molar-refractivity contribution is -0.126. The monoisotopic (exact) mass is 330 g/mol. The molecule has 2 atom stereocenters. The SMILES string of the molecule is COc1ccc(C)cc1NC(=O)C1CC1C(=O)NC1CCCCC1. The normalized spacial score (nSPS) is 23.4. The Morgan fingerprint density at radius 2 is 1.79 bits per heavy atom. The quantitative estimate of drug-likeness (QED) is 0.872. The van der Waals surface area contributed by atoms with Gasteiger partial charge in [0.05, 0.1) is 24.6 Å². The first-order valence-corrected chi connectivity index (χ1v) is 8.84. The Balaban J connectivity index is 1.54. The van der Waals surface area contributed by atoms with Crippen molar-refractivity contribution in [1.29, 1.82) is 0 Å². The van der Waals surface area contributed by atoms with Crippen molar-refractivity contribution in [2.75, 3.05) is 12.4 Å². The van der Waals surface area contributed by atoms with Crippen molar-refractivity contribution in [3.8, 4) is 5.75 Å². The number of anilines is 1. The van der Waals surface area contributed by atoms with Crippen molar-refractivity contribution in [3.63, 3.8) is 0 Å². The van der Waals surface area contributed by atoms with Crippen molar-refractivity contribution in [1.82, 2.24) is 5.32 Å². The lowest BCUT2D eigenvalue weighted by Crippen LogP contribution is -2.37.